The summed E-state index contributed by atoms with van der Waals surface area (Å²) in [5.41, 5.74) is 1.47. The fraction of sp³-hybridized carbons (Fsp3) is 0.478. The molecule has 0 N–H and O–H groups in total. The molecule has 1 aliphatic rings. The van der Waals surface area contributed by atoms with Gasteiger partial charge in [-0.1, -0.05) is 65.8 Å². The van der Waals surface area contributed by atoms with Crippen LogP contribution in [0.15, 0.2) is 52.3 Å². The van der Waals surface area contributed by atoms with Crippen molar-refractivity contribution in [1.82, 2.24) is 0 Å². The molecule has 4 nitrogen and oxygen atoms in total. The molecule has 1 heterocycles. The Kier molecular flexibility index (Phi) is 5.36. The number of benzene rings is 2. The van der Waals surface area contributed by atoms with Crippen LogP contribution in [-0.2, 0) is 25.4 Å². The van der Waals surface area contributed by atoms with Gasteiger partial charge in [0.1, 0.15) is 23.4 Å². The van der Waals surface area contributed by atoms with Gasteiger partial charge in [0, 0.05) is 0 Å². The molecule has 1 atom stereocenters. The highest BCUT2D eigenvalue weighted by Crippen LogP contribution is 2.39. The first-order chi connectivity index (χ1) is 12.9. The van der Waals surface area contributed by atoms with E-state index in [2.05, 4.69) is 20.8 Å². The Balaban J connectivity index is 2.10. The van der Waals surface area contributed by atoms with Gasteiger partial charge < -0.3 is 9.47 Å². The SMILES string of the molecule is CC(C)(C)c1ccc(S(=O)(=O)c2c(OCC3CO3)cccc2C(C)(C)C)cc1. The second-order valence-electron chi connectivity index (χ2n) is 9.43. The zero-order chi connectivity index (χ0) is 20.7. The highest BCUT2D eigenvalue weighted by Gasteiger charge is 2.32. The molecule has 0 aliphatic carbocycles. The first-order valence-corrected chi connectivity index (χ1v) is 11.1. The lowest BCUT2D eigenvalue weighted by molar-refractivity contribution is 0.257. The van der Waals surface area contributed by atoms with Gasteiger partial charge >= 0.3 is 0 Å². The van der Waals surface area contributed by atoms with Crippen LogP contribution in [0.25, 0.3) is 0 Å². The Hall–Kier alpha value is -1.85. The van der Waals surface area contributed by atoms with E-state index >= 15 is 0 Å². The van der Waals surface area contributed by atoms with Gasteiger partial charge in [-0.25, -0.2) is 8.42 Å². The predicted octanol–water partition coefficient (Wildman–Crippen LogP) is 4.89. The summed E-state index contributed by atoms with van der Waals surface area (Å²) in [6.45, 7) is 13.4. The summed E-state index contributed by atoms with van der Waals surface area (Å²) in [5, 5.41) is 0. The third-order valence-corrected chi connectivity index (χ3v) is 6.76. The molecular weight excluding hydrogens is 372 g/mol. The molecule has 0 saturated carbocycles. The summed E-state index contributed by atoms with van der Waals surface area (Å²) in [6, 6.07) is 12.6. The van der Waals surface area contributed by atoms with Crippen LogP contribution in [0.2, 0.25) is 0 Å². The van der Waals surface area contributed by atoms with Crippen LogP contribution in [0.4, 0.5) is 0 Å². The number of hydrogen-bond acceptors (Lipinski definition) is 4. The Labute approximate surface area is 168 Å². The molecule has 1 saturated heterocycles. The molecule has 0 amide bonds. The highest BCUT2D eigenvalue weighted by molar-refractivity contribution is 7.91. The molecule has 2 aromatic carbocycles. The zero-order valence-electron chi connectivity index (χ0n) is 17.6. The average molecular weight is 403 g/mol. The van der Waals surface area contributed by atoms with Crippen LogP contribution in [0.3, 0.4) is 0 Å². The van der Waals surface area contributed by atoms with Crippen molar-refractivity contribution in [3.8, 4) is 5.75 Å². The Morgan fingerprint density at radius 1 is 0.964 bits per heavy atom. The molecule has 3 rings (SSSR count). The molecule has 0 radical (unpaired) electrons. The third-order valence-electron chi connectivity index (χ3n) is 4.91. The van der Waals surface area contributed by atoms with Crippen LogP contribution < -0.4 is 4.74 Å². The predicted molar refractivity (Wildman–Crippen MR) is 111 cm³/mol. The van der Waals surface area contributed by atoms with Crippen molar-refractivity contribution >= 4 is 9.84 Å². The third kappa shape index (κ3) is 4.41. The average Bonchev–Trinajstić information content (AvgIpc) is 3.42. The van der Waals surface area contributed by atoms with Gasteiger partial charge in [-0.05, 0) is 40.2 Å². The molecule has 1 fully saturated rings. The molecule has 5 heteroatoms. The largest absolute Gasteiger partial charge is 0.489 e. The summed E-state index contributed by atoms with van der Waals surface area (Å²) in [5.74, 6) is 0.392. The van der Waals surface area contributed by atoms with Gasteiger partial charge in [0.25, 0.3) is 0 Å². The molecule has 1 aliphatic heterocycles. The lowest BCUT2D eigenvalue weighted by atomic mass is 9.87. The summed E-state index contributed by atoms with van der Waals surface area (Å²) >= 11 is 0. The van der Waals surface area contributed by atoms with Gasteiger partial charge in [0.05, 0.1) is 11.5 Å². The fourth-order valence-electron chi connectivity index (χ4n) is 3.10. The fourth-order valence-corrected chi connectivity index (χ4v) is 4.88. The summed E-state index contributed by atoms with van der Waals surface area (Å²) in [6.07, 6.45) is 0.0555. The first kappa shape index (κ1) is 20.9. The van der Waals surface area contributed by atoms with Crippen LogP contribution >= 0.6 is 0 Å². The van der Waals surface area contributed by atoms with E-state index in [1.807, 2.05) is 45.0 Å². The normalized spacial score (nSPS) is 17.4. The van der Waals surface area contributed by atoms with Gasteiger partial charge in [0.15, 0.2) is 0 Å². The van der Waals surface area contributed by atoms with Crippen molar-refractivity contribution in [2.45, 2.75) is 68.3 Å². The minimum absolute atomic E-state index is 0.0376. The molecular formula is C23H30O4S. The monoisotopic (exact) mass is 402 g/mol. The first-order valence-electron chi connectivity index (χ1n) is 9.64. The number of sulfone groups is 1. The van der Waals surface area contributed by atoms with E-state index < -0.39 is 9.84 Å². The maximum Gasteiger partial charge on any atom is 0.210 e. The van der Waals surface area contributed by atoms with E-state index in [9.17, 15) is 8.42 Å². The highest BCUT2D eigenvalue weighted by atomic mass is 32.2. The topological polar surface area (TPSA) is 55.9 Å². The quantitative estimate of drug-likeness (QED) is 0.668. The van der Waals surface area contributed by atoms with Crippen molar-refractivity contribution in [3.63, 3.8) is 0 Å². The molecule has 0 spiro atoms. The van der Waals surface area contributed by atoms with E-state index in [0.29, 0.717) is 19.0 Å². The lowest BCUT2D eigenvalue weighted by Crippen LogP contribution is -2.19. The minimum atomic E-state index is -3.74. The van der Waals surface area contributed by atoms with Gasteiger partial charge in [0.2, 0.25) is 9.84 Å². The summed E-state index contributed by atoms with van der Waals surface area (Å²) in [4.78, 5) is 0.538. The van der Waals surface area contributed by atoms with Crippen LogP contribution in [0, 0.1) is 0 Å². The number of rotatable bonds is 5. The number of ether oxygens (including phenoxy) is 2. The smallest absolute Gasteiger partial charge is 0.210 e. The maximum absolute atomic E-state index is 13.6. The van der Waals surface area contributed by atoms with Gasteiger partial charge in [-0.3, -0.25) is 0 Å². The van der Waals surface area contributed by atoms with Crippen molar-refractivity contribution in [1.29, 1.82) is 0 Å². The van der Waals surface area contributed by atoms with Gasteiger partial charge in [-0.2, -0.15) is 0 Å². The standard InChI is InChI=1S/C23H30O4S/c1-22(2,3)16-10-12-18(13-11-16)28(24,25)21-19(23(4,5)6)8-7-9-20(21)27-15-17-14-26-17/h7-13,17H,14-15H2,1-6H3. The number of hydrogen-bond donors (Lipinski definition) is 0. The van der Waals surface area contributed by atoms with E-state index in [0.717, 1.165) is 11.1 Å². The van der Waals surface area contributed by atoms with Crippen molar-refractivity contribution in [2.75, 3.05) is 13.2 Å². The molecule has 28 heavy (non-hydrogen) atoms. The van der Waals surface area contributed by atoms with Crippen molar-refractivity contribution < 1.29 is 17.9 Å². The van der Waals surface area contributed by atoms with E-state index in [1.54, 1.807) is 18.2 Å². The summed E-state index contributed by atoms with van der Waals surface area (Å²) < 4.78 is 38.4. The van der Waals surface area contributed by atoms with Crippen LogP contribution in [0.1, 0.15) is 52.7 Å². The van der Waals surface area contributed by atoms with Crippen molar-refractivity contribution in [2.24, 2.45) is 0 Å². The maximum atomic E-state index is 13.6. The second-order valence-corrected chi connectivity index (χ2v) is 11.3. The second kappa shape index (κ2) is 7.20. The van der Waals surface area contributed by atoms with Crippen molar-refractivity contribution in [3.05, 3.63) is 53.6 Å². The Morgan fingerprint density at radius 3 is 2.07 bits per heavy atom. The molecule has 152 valence electrons. The lowest BCUT2D eigenvalue weighted by Gasteiger charge is -2.25. The molecule has 0 bridgehead atoms. The van der Waals surface area contributed by atoms with Gasteiger partial charge in [-0.15, -0.1) is 0 Å². The Bertz CT molecular complexity index is 942. The molecule has 0 aromatic heterocycles. The van der Waals surface area contributed by atoms with E-state index in [-0.39, 0.29) is 26.7 Å². The van der Waals surface area contributed by atoms with Crippen LogP contribution in [0.5, 0.6) is 5.75 Å². The summed E-state index contributed by atoms with van der Waals surface area (Å²) in [7, 11) is -3.74. The molecule has 2 aromatic rings. The number of epoxide rings is 1. The zero-order valence-corrected chi connectivity index (χ0v) is 18.4. The van der Waals surface area contributed by atoms with E-state index in [4.69, 9.17) is 9.47 Å². The molecule has 1 unspecified atom stereocenters. The minimum Gasteiger partial charge on any atom is -0.489 e. The Morgan fingerprint density at radius 2 is 1.57 bits per heavy atom. The van der Waals surface area contributed by atoms with E-state index in [1.165, 1.54) is 0 Å². The van der Waals surface area contributed by atoms with Crippen LogP contribution in [-0.4, -0.2) is 27.7 Å².